The van der Waals surface area contributed by atoms with Crippen molar-refractivity contribution >= 4 is 22.5 Å². The number of aromatic nitrogens is 1. The minimum Gasteiger partial charge on any atom is -0.396 e. The number of rotatable bonds is 7. The molecule has 1 aromatic rings. The van der Waals surface area contributed by atoms with Gasteiger partial charge in [0.05, 0.1) is 5.69 Å². The van der Waals surface area contributed by atoms with E-state index in [0.29, 0.717) is 6.54 Å². The first-order valence-corrected chi connectivity index (χ1v) is 8.82. The number of thiazole rings is 1. The van der Waals surface area contributed by atoms with Gasteiger partial charge in [0, 0.05) is 44.1 Å². The summed E-state index contributed by atoms with van der Waals surface area (Å²) in [5.41, 5.74) is 1.03. The first-order chi connectivity index (χ1) is 10.6. The maximum atomic E-state index is 11.7. The lowest BCUT2D eigenvalue weighted by atomic mass is 10.1. The molecule has 0 saturated carbocycles. The van der Waals surface area contributed by atoms with Gasteiger partial charge in [-0.3, -0.25) is 0 Å². The molecule has 0 spiro atoms. The Balaban J connectivity index is 1.68. The second-order valence-corrected chi connectivity index (χ2v) is 6.75. The molecule has 2 atom stereocenters. The summed E-state index contributed by atoms with van der Waals surface area (Å²) in [6.45, 7) is 6.64. The molecule has 6 nitrogen and oxygen atoms in total. The molecule has 0 aliphatic carbocycles. The van der Waals surface area contributed by atoms with E-state index >= 15 is 0 Å². The summed E-state index contributed by atoms with van der Waals surface area (Å²) in [5, 5.41) is 17.9. The van der Waals surface area contributed by atoms with Crippen LogP contribution >= 0.6 is 11.3 Å². The SMILES string of the molecule is CC(CO)C(C)NC(=O)NCCc1csc(N2CCCC2)n1. The number of carbonyl (C=O) groups is 1. The normalized spacial score (nSPS) is 17.3. The number of hydrogen-bond acceptors (Lipinski definition) is 5. The predicted octanol–water partition coefficient (Wildman–Crippen LogP) is 1.60. The number of aliphatic hydroxyl groups excluding tert-OH is 1. The number of aliphatic hydroxyl groups is 1. The third-order valence-electron chi connectivity index (χ3n) is 4.08. The summed E-state index contributed by atoms with van der Waals surface area (Å²) in [4.78, 5) is 18.7. The van der Waals surface area contributed by atoms with Crippen LogP contribution in [0.3, 0.4) is 0 Å². The van der Waals surface area contributed by atoms with Crippen LogP contribution in [0.2, 0.25) is 0 Å². The summed E-state index contributed by atoms with van der Waals surface area (Å²) in [6.07, 6.45) is 3.24. The number of anilines is 1. The van der Waals surface area contributed by atoms with Gasteiger partial charge < -0.3 is 20.6 Å². The Hall–Kier alpha value is -1.34. The summed E-state index contributed by atoms with van der Waals surface area (Å²) in [6, 6.07) is -0.242. The molecule has 0 bridgehead atoms. The molecule has 7 heteroatoms. The Morgan fingerprint density at radius 3 is 2.86 bits per heavy atom. The lowest BCUT2D eigenvalue weighted by Crippen LogP contribution is -2.44. The molecule has 2 amide bonds. The van der Waals surface area contributed by atoms with Gasteiger partial charge in [-0.05, 0) is 25.7 Å². The van der Waals surface area contributed by atoms with E-state index in [1.54, 1.807) is 11.3 Å². The monoisotopic (exact) mass is 326 g/mol. The van der Waals surface area contributed by atoms with E-state index < -0.39 is 0 Å². The number of hydrogen-bond donors (Lipinski definition) is 3. The summed E-state index contributed by atoms with van der Waals surface area (Å²) in [5.74, 6) is 0.0484. The first-order valence-electron chi connectivity index (χ1n) is 7.94. The zero-order chi connectivity index (χ0) is 15.9. The van der Waals surface area contributed by atoms with Crippen LogP contribution in [-0.2, 0) is 6.42 Å². The zero-order valence-corrected chi connectivity index (χ0v) is 14.2. The van der Waals surface area contributed by atoms with Gasteiger partial charge in [0.25, 0.3) is 0 Å². The van der Waals surface area contributed by atoms with Crippen molar-refractivity contribution in [1.29, 1.82) is 0 Å². The van der Waals surface area contributed by atoms with Crippen LogP contribution in [0, 0.1) is 5.92 Å². The van der Waals surface area contributed by atoms with Gasteiger partial charge in [-0.15, -0.1) is 11.3 Å². The summed E-state index contributed by atoms with van der Waals surface area (Å²) in [7, 11) is 0. The number of carbonyl (C=O) groups excluding carboxylic acids is 1. The molecule has 22 heavy (non-hydrogen) atoms. The Kier molecular flexibility index (Phi) is 6.45. The zero-order valence-electron chi connectivity index (χ0n) is 13.3. The number of nitrogens with one attached hydrogen (secondary N) is 2. The second kappa shape index (κ2) is 8.33. The van der Waals surface area contributed by atoms with Crippen LogP contribution in [0.25, 0.3) is 0 Å². The van der Waals surface area contributed by atoms with Crippen LogP contribution < -0.4 is 15.5 Å². The smallest absolute Gasteiger partial charge is 0.315 e. The molecule has 2 rings (SSSR count). The van der Waals surface area contributed by atoms with Gasteiger partial charge in [-0.2, -0.15) is 0 Å². The summed E-state index contributed by atoms with van der Waals surface area (Å²) < 4.78 is 0. The Morgan fingerprint density at radius 2 is 2.18 bits per heavy atom. The minimum atomic E-state index is -0.192. The van der Waals surface area contributed by atoms with E-state index in [0.717, 1.165) is 30.3 Å². The lowest BCUT2D eigenvalue weighted by molar-refractivity contribution is 0.200. The van der Waals surface area contributed by atoms with Gasteiger partial charge in [-0.25, -0.2) is 9.78 Å². The highest BCUT2D eigenvalue weighted by Crippen LogP contribution is 2.24. The second-order valence-electron chi connectivity index (χ2n) is 5.91. The Labute approximate surface area is 135 Å². The standard InChI is InChI=1S/C15H26N4O2S/c1-11(9-20)12(2)17-14(21)16-6-5-13-10-22-15(18-13)19-7-3-4-8-19/h10-12,20H,3-9H2,1-2H3,(H2,16,17,21). The molecule has 1 aliphatic heterocycles. The van der Waals surface area contributed by atoms with Gasteiger partial charge in [0.15, 0.2) is 5.13 Å². The largest absolute Gasteiger partial charge is 0.396 e. The highest BCUT2D eigenvalue weighted by atomic mass is 32.1. The fraction of sp³-hybridized carbons (Fsp3) is 0.733. The molecule has 1 aliphatic rings. The third kappa shape index (κ3) is 4.84. The maximum Gasteiger partial charge on any atom is 0.315 e. The highest BCUT2D eigenvalue weighted by Gasteiger charge is 2.16. The molecule has 2 unspecified atom stereocenters. The van der Waals surface area contributed by atoms with Gasteiger partial charge >= 0.3 is 6.03 Å². The number of urea groups is 1. The van der Waals surface area contributed by atoms with E-state index in [1.807, 2.05) is 13.8 Å². The van der Waals surface area contributed by atoms with Crippen LogP contribution in [0.4, 0.5) is 9.93 Å². The van der Waals surface area contributed by atoms with Crippen molar-refractivity contribution in [2.75, 3.05) is 31.1 Å². The van der Waals surface area contributed by atoms with Crippen molar-refractivity contribution in [3.63, 3.8) is 0 Å². The fourth-order valence-corrected chi connectivity index (χ4v) is 3.24. The molecule has 0 aromatic carbocycles. The van der Waals surface area contributed by atoms with Crippen LogP contribution in [0.15, 0.2) is 5.38 Å². The van der Waals surface area contributed by atoms with Crippen molar-refractivity contribution < 1.29 is 9.90 Å². The van der Waals surface area contributed by atoms with Crippen molar-refractivity contribution in [1.82, 2.24) is 15.6 Å². The van der Waals surface area contributed by atoms with Gasteiger partial charge in [0.1, 0.15) is 0 Å². The summed E-state index contributed by atoms with van der Waals surface area (Å²) >= 11 is 1.68. The van der Waals surface area contributed by atoms with Crippen molar-refractivity contribution in [2.24, 2.45) is 5.92 Å². The van der Waals surface area contributed by atoms with Crippen LogP contribution in [0.1, 0.15) is 32.4 Å². The molecular weight excluding hydrogens is 300 g/mol. The molecule has 124 valence electrons. The predicted molar refractivity (Wildman–Crippen MR) is 89.5 cm³/mol. The molecule has 3 N–H and O–H groups in total. The average Bonchev–Trinajstić information content (AvgIpc) is 3.16. The van der Waals surface area contributed by atoms with E-state index in [9.17, 15) is 4.79 Å². The highest BCUT2D eigenvalue weighted by molar-refractivity contribution is 7.13. The van der Waals surface area contributed by atoms with E-state index in [1.165, 1.54) is 12.8 Å². The number of amides is 2. The fourth-order valence-electron chi connectivity index (χ4n) is 2.33. The molecule has 1 fully saturated rings. The van der Waals surface area contributed by atoms with Crippen LogP contribution in [0.5, 0.6) is 0 Å². The van der Waals surface area contributed by atoms with Crippen molar-refractivity contribution in [3.8, 4) is 0 Å². The third-order valence-corrected chi connectivity index (χ3v) is 5.03. The quantitative estimate of drug-likeness (QED) is 0.711. The van der Waals surface area contributed by atoms with E-state index in [2.05, 4.69) is 25.9 Å². The Morgan fingerprint density at radius 1 is 1.45 bits per heavy atom. The Bertz CT molecular complexity index is 474. The van der Waals surface area contributed by atoms with Crippen molar-refractivity contribution in [2.45, 2.75) is 39.2 Å². The lowest BCUT2D eigenvalue weighted by Gasteiger charge is -2.19. The van der Waals surface area contributed by atoms with Gasteiger partial charge in [-0.1, -0.05) is 6.92 Å². The topological polar surface area (TPSA) is 77.5 Å². The van der Waals surface area contributed by atoms with Crippen molar-refractivity contribution in [3.05, 3.63) is 11.1 Å². The maximum absolute atomic E-state index is 11.7. The first kappa shape index (κ1) is 17.0. The van der Waals surface area contributed by atoms with E-state index in [-0.39, 0.29) is 24.6 Å². The molecule has 1 saturated heterocycles. The molecule has 1 aromatic heterocycles. The van der Waals surface area contributed by atoms with Crippen LogP contribution in [-0.4, -0.2) is 48.4 Å². The minimum absolute atomic E-state index is 0.0484. The van der Waals surface area contributed by atoms with E-state index in [4.69, 9.17) is 5.11 Å². The van der Waals surface area contributed by atoms with Gasteiger partial charge in [0.2, 0.25) is 0 Å². The number of nitrogens with zero attached hydrogens (tertiary/aromatic N) is 2. The molecular formula is C15H26N4O2S. The molecule has 0 radical (unpaired) electrons. The average molecular weight is 326 g/mol. The molecule has 2 heterocycles.